The van der Waals surface area contributed by atoms with Crippen LogP contribution in [-0.2, 0) is 12.6 Å². The third-order valence-electron chi connectivity index (χ3n) is 3.30. The van der Waals surface area contributed by atoms with Crippen LogP contribution >= 0.6 is 0 Å². The standard InChI is InChI=1S/C16H12F3N3O/c17-16(18,19)12-5-3-4-11(8-12)9-13-10-15(23)22(21-13)14-6-1-2-7-20-14/h1-8,10,21H,9H2. The number of nitrogens with zero attached hydrogens (tertiary/aromatic N) is 2. The maximum atomic E-state index is 12.7. The Morgan fingerprint density at radius 1 is 1.09 bits per heavy atom. The van der Waals surface area contributed by atoms with Gasteiger partial charge in [0.2, 0.25) is 0 Å². The van der Waals surface area contributed by atoms with Crippen LogP contribution in [0.4, 0.5) is 13.2 Å². The number of hydrogen-bond acceptors (Lipinski definition) is 2. The fraction of sp³-hybridized carbons (Fsp3) is 0.125. The van der Waals surface area contributed by atoms with Gasteiger partial charge in [0.25, 0.3) is 5.56 Å². The molecule has 118 valence electrons. The smallest absolute Gasteiger partial charge is 0.293 e. The molecule has 1 N–H and O–H groups in total. The lowest BCUT2D eigenvalue weighted by atomic mass is 10.1. The van der Waals surface area contributed by atoms with Crippen LogP contribution in [0.25, 0.3) is 5.82 Å². The van der Waals surface area contributed by atoms with E-state index < -0.39 is 11.7 Å². The van der Waals surface area contributed by atoms with E-state index in [2.05, 4.69) is 10.1 Å². The number of alkyl halides is 3. The quantitative estimate of drug-likeness (QED) is 0.806. The van der Waals surface area contributed by atoms with Crippen molar-refractivity contribution in [3.63, 3.8) is 0 Å². The molecule has 4 nitrogen and oxygen atoms in total. The van der Waals surface area contributed by atoms with Crippen LogP contribution in [0.5, 0.6) is 0 Å². The molecule has 3 rings (SSSR count). The Bertz CT molecular complexity index is 866. The predicted octanol–water partition coefficient (Wildman–Crippen LogP) is 3.17. The molecule has 3 aromatic rings. The number of aromatic amines is 1. The van der Waals surface area contributed by atoms with E-state index in [0.717, 1.165) is 12.1 Å². The molecule has 0 saturated carbocycles. The summed E-state index contributed by atoms with van der Waals surface area (Å²) in [5.41, 5.74) is -0.0404. The summed E-state index contributed by atoms with van der Waals surface area (Å²) in [5, 5.41) is 2.86. The van der Waals surface area contributed by atoms with Gasteiger partial charge in [-0.15, -0.1) is 0 Å². The molecule has 2 aromatic heterocycles. The zero-order chi connectivity index (χ0) is 16.4. The van der Waals surface area contributed by atoms with Gasteiger partial charge in [0.15, 0.2) is 5.82 Å². The van der Waals surface area contributed by atoms with Gasteiger partial charge in [-0.3, -0.25) is 9.89 Å². The summed E-state index contributed by atoms with van der Waals surface area (Å²) in [7, 11) is 0. The van der Waals surface area contributed by atoms with Crippen LogP contribution in [-0.4, -0.2) is 14.8 Å². The van der Waals surface area contributed by atoms with E-state index in [1.54, 1.807) is 30.5 Å². The Balaban J connectivity index is 1.89. The molecule has 0 spiro atoms. The summed E-state index contributed by atoms with van der Waals surface area (Å²) >= 11 is 0. The molecule has 0 aliphatic rings. The van der Waals surface area contributed by atoms with Gasteiger partial charge in [0.1, 0.15) is 0 Å². The van der Waals surface area contributed by atoms with Gasteiger partial charge in [0.05, 0.1) is 5.56 Å². The van der Waals surface area contributed by atoms with Crippen LogP contribution in [0, 0.1) is 0 Å². The summed E-state index contributed by atoms with van der Waals surface area (Å²) in [6.45, 7) is 0. The highest BCUT2D eigenvalue weighted by molar-refractivity contribution is 5.29. The maximum absolute atomic E-state index is 12.7. The molecule has 7 heteroatoms. The van der Waals surface area contributed by atoms with Gasteiger partial charge < -0.3 is 0 Å². The lowest BCUT2D eigenvalue weighted by Gasteiger charge is -2.08. The Morgan fingerprint density at radius 3 is 2.61 bits per heavy atom. The molecule has 0 atom stereocenters. The van der Waals surface area contributed by atoms with Gasteiger partial charge in [0, 0.05) is 24.4 Å². The van der Waals surface area contributed by atoms with Gasteiger partial charge in [-0.25, -0.2) is 9.67 Å². The van der Waals surface area contributed by atoms with E-state index in [9.17, 15) is 18.0 Å². The van der Waals surface area contributed by atoms with E-state index in [1.807, 2.05) is 0 Å². The zero-order valence-corrected chi connectivity index (χ0v) is 11.8. The highest BCUT2D eigenvalue weighted by Gasteiger charge is 2.30. The summed E-state index contributed by atoms with van der Waals surface area (Å²) in [4.78, 5) is 16.0. The number of H-pyrrole nitrogens is 1. The molecule has 1 aromatic carbocycles. The Kier molecular flexibility index (Phi) is 3.77. The monoisotopic (exact) mass is 319 g/mol. The van der Waals surface area contributed by atoms with Crippen LogP contribution in [0.3, 0.4) is 0 Å². The fourth-order valence-corrected chi connectivity index (χ4v) is 2.27. The highest BCUT2D eigenvalue weighted by atomic mass is 19.4. The van der Waals surface area contributed by atoms with Gasteiger partial charge in [-0.1, -0.05) is 24.3 Å². The molecule has 0 saturated heterocycles. The molecule has 2 heterocycles. The number of benzene rings is 1. The van der Waals surface area contributed by atoms with Gasteiger partial charge >= 0.3 is 6.18 Å². The number of nitrogens with one attached hydrogen (secondary N) is 1. The van der Waals surface area contributed by atoms with Crippen LogP contribution in [0.15, 0.2) is 59.5 Å². The highest BCUT2D eigenvalue weighted by Crippen LogP contribution is 2.29. The minimum Gasteiger partial charge on any atom is -0.293 e. The topological polar surface area (TPSA) is 50.7 Å². The van der Waals surface area contributed by atoms with Crippen molar-refractivity contribution in [2.45, 2.75) is 12.6 Å². The van der Waals surface area contributed by atoms with Crippen LogP contribution < -0.4 is 5.56 Å². The Morgan fingerprint density at radius 2 is 1.91 bits per heavy atom. The molecule has 0 aliphatic carbocycles. The predicted molar refractivity (Wildman–Crippen MR) is 78.4 cm³/mol. The molecule has 0 fully saturated rings. The first-order valence-electron chi connectivity index (χ1n) is 6.82. The zero-order valence-electron chi connectivity index (χ0n) is 11.8. The van der Waals surface area contributed by atoms with Gasteiger partial charge in [-0.05, 0) is 23.8 Å². The second kappa shape index (κ2) is 5.75. The number of hydrogen-bond donors (Lipinski definition) is 1. The average molecular weight is 319 g/mol. The number of pyridine rings is 1. The molecule has 23 heavy (non-hydrogen) atoms. The molecule has 0 bridgehead atoms. The van der Waals surface area contributed by atoms with Crippen molar-refractivity contribution in [1.29, 1.82) is 0 Å². The van der Waals surface area contributed by atoms with E-state index in [-0.39, 0.29) is 12.0 Å². The van der Waals surface area contributed by atoms with E-state index in [0.29, 0.717) is 17.1 Å². The van der Waals surface area contributed by atoms with Gasteiger partial charge in [-0.2, -0.15) is 13.2 Å². The first-order valence-corrected chi connectivity index (χ1v) is 6.82. The lowest BCUT2D eigenvalue weighted by Crippen LogP contribution is -2.14. The largest absolute Gasteiger partial charge is 0.416 e. The van der Waals surface area contributed by atoms with Crippen molar-refractivity contribution in [2.75, 3.05) is 0 Å². The number of aromatic nitrogens is 3. The van der Waals surface area contributed by atoms with Crippen molar-refractivity contribution in [3.05, 3.63) is 81.9 Å². The summed E-state index contributed by atoms with van der Waals surface area (Å²) in [5.74, 6) is 0.424. The Hall–Kier alpha value is -2.83. The summed E-state index contributed by atoms with van der Waals surface area (Å²) < 4.78 is 39.4. The maximum Gasteiger partial charge on any atom is 0.416 e. The molecular weight excluding hydrogens is 307 g/mol. The molecular formula is C16H12F3N3O. The molecule has 0 amide bonds. The fourth-order valence-electron chi connectivity index (χ4n) is 2.27. The molecule has 0 radical (unpaired) electrons. The lowest BCUT2D eigenvalue weighted by molar-refractivity contribution is -0.137. The molecule has 0 aliphatic heterocycles. The number of halogens is 3. The van der Waals surface area contributed by atoms with Crippen molar-refractivity contribution in [3.8, 4) is 5.82 Å². The van der Waals surface area contributed by atoms with Crippen molar-refractivity contribution in [2.24, 2.45) is 0 Å². The van der Waals surface area contributed by atoms with E-state index in [1.165, 1.54) is 16.8 Å². The number of rotatable bonds is 3. The third kappa shape index (κ3) is 3.33. The minimum absolute atomic E-state index is 0.193. The van der Waals surface area contributed by atoms with Crippen molar-refractivity contribution < 1.29 is 13.2 Å². The van der Waals surface area contributed by atoms with Crippen molar-refractivity contribution in [1.82, 2.24) is 14.8 Å². The first-order chi connectivity index (χ1) is 10.9. The normalized spacial score (nSPS) is 11.6. The second-order valence-electron chi connectivity index (χ2n) is 5.02. The average Bonchev–Trinajstić information content (AvgIpc) is 2.88. The van der Waals surface area contributed by atoms with Crippen molar-refractivity contribution >= 4 is 0 Å². The summed E-state index contributed by atoms with van der Waals surface area (Å²) in [6.07, 6.45) is -2.64. The van der Waals surface area contributed by atoms with Crippen LogP contribution in [0.2, 0.25) is 0 Å². The Labute approximate surface area is 129 Å². The SMILES string of the molecule is O=c1cc(Cc2cccc(C(F)(F)F)c2)[nH]n1-c1ccccn1. The van der Waals surface area contributed by atoms with E-state index in [4.69, 9.17) is 0 Å². The summed E-state index contributed by atoms with van der Waals surface area (Å²) in [6, 6.07) is 11.5. The minimum atomic E-state index is -4.39. The molecule has 0 unspecified atom stereocenters. The van der Waals surface area contributed by atoms with Crippen LogP contribution in [0.1, 0.15) is 16.8 Å². The first kappa shape index (κ1) is 15.1. The third-order valence-corrected chi connectivity index (χ3v) is 3.30. The second-order valence-corrected chi connectivity index (χ2v) is 5.02. The van der Waals surface area contributed by atoms with E-state index >= 15 is 0 Å².